The highest BCUT2D eigenvalue weighted by Gasteiger charge is 2.24. The summed E-state index contributed by atoms with van der Waals surface area (Å²) in [5, 5.41) is 10.0. The first-order valence-corrected chi connectivity index (χ1v) is 18.1. The molecule has 0 bridgehead atoms. The minimum Gasteiger partial charge on any atom is -0.378 e. The molecule has 2 amide bonds. The Balaban J connectivity index is 1.17. The average Bonchev–Trinajstić information content (AvgIpc) is 3.12. The fourth-order valence-electron chi connectivity index (χ4n) is 6.20. The lowest BCUT2D eigenvalue weighted by Crippen LogP contribution is -2.44. The summed E-state index contributed by atoms with van der Waals surface area (Å²) in [6.07, 6.45) is 1.56. The summed E-state index contributed by atoms with van der Waals surface area (Å²) in [4.78, 5) is 29.3. The van der Waals surface area contributed by atoms with Gasteiger partial charge in [-0.15, -0.1) is 0 Å². The highest BCUT2D eigenvalue weighted by atomic mass is 32.2. The van der Waals surface area contributed by atoms with Gasteiger partial charge in [-0.3, -0.25) is 9.59 Å². The topological polar surface area (TPSA) is 105 Å². The molecule has 48 heavy (non-hydrogen) atoms. The number of amides is 2. The van der Waals surface area contributed by atoms with Crippen LogP contribution in [0.25, 0.3) is 21.5 Å². The van der Waals surface area contributed by atoms with Crippen molar-refractivity contribution < 1.29 is 22.7 Å². The summed E-state index contributed by atoms with van der Waals surface area (Å²) in [6.45, 7) is 3.85. The molecule has 8 nitrogen and oxygen atoms in total. The molecule has 248 valence electrons. The zero-order valence-electron chi connectivity index (χ0n) is 27.1. The molecule has 1 fully saturated rings. The molecule has 0 spiro atoms. The lowest BCUT2D eigenvalue weighted by atomic mass is 10.0. The molecule has 2 atom stereocenters. The van der Waals surface area contributed by atoms with E-state index >= 15 is 0 Å². The Labute approximate surface area is 282 Å². The quantitative estimate of drug-likeness (QED) is 0.164. The normalized spacial score (nSPS) is 14.8. The van der Waals surface area contributed by atoms with E-state index in [4.69, 9.17) is 4.74 Å². The van der Waals surface area contributed by atoms with Gasteiger partial charge in [0, 0.05) is 30.4 Å². The molecular weight excluding hydrogens is 623 g/mol. The number of hydrogen-bond acceptors (Lipinski definition) is 6. The first-order valence-electron chi connectivity index (χ1n) is 16.5. The average molecular weight is 664 g/mol. The molecule has 0 radical (unpaired) electrons. The van der Waals surface area contributed by atoms with Gasteiger partial charge in [0.1, 0.15) is 6.04 Å². The third-order valence-corrected chi connectivity index (χ3v) is 10.7. The summed E-state index contributed by atoms with van der Waals surface area (Å²) < 4.78 is 32.4. The van der Waals surface area contributed by atoms with Gasteiger partial charge in [-0.2, -0.15) is 0 Å². The van der Waals surface area contributed by atoms with Crippen molar-refractivity contribution in [1.29, 1.82) is 0 Å². The maximum Gasteiger partial charge on any atom is 0.254 e. The van der Waals surface area contributed by atoms with Crippen molar-refractivity contribution in [3.8, 4) is 0 Å². The fourth-order valence-corrected chi connectivity index (χ4v) is 7.61. The number of fused-ring (bicyclic) bond motifs is 2. The number of nitrogens with zero attached hydrogens (tertiary/aromatic N) is 1. The number of carbonyl (C=O) groups is 2. The monoisotopic (exact) mass is 663 g/mol. The predicted octanol–water partition coefficient (Wildman–Crippen LogP) is 6.25. The molecule has 1 aliphatic heterocycles. The van der Waals surface area contributed by atoms with E-state index in [0.29, 0.717) is 50.4 Å². The third kappa shape index (κ3) is 8.03. The number of ether oxygens (including phenoxy) is 1. The van der Waals surface area contributed by atoms with Crippen LogP contribution in [0.1, 0.15) is 35.7 Å². The van der Waals surface area contributed by atoms with Gasteiger partial charge in [0.05, 0.1) is 23.9 Å². The number of anilines is 1. The maximum atomic E-state index is 13.6. The highest BCUT2D eigenvalue weighted by molar-refractivity contribution is 7.91. The Morgan fingerprint density at radius 2 is 1.48 bits per heavy atom. The standard InChI is InChI=1S/C39H41N3O5S/c1-28(40-34-25-32-13-7-8-14-36(32)37(27-34)39(44)42-20-22-47-23-21-42)38(43)41-33(17-15-29-9-3-2-4-10-29)19-24-48(45,46)35-18-16-30-11-5-6-12-31(30)26-35/h2-14,16,18,25-28,33,40H,15,17,19-24H2,1H3,(H,41,43)/t28-,33-/m0/s1. The Morgan fingerprint density at radius 3 is 2.25 bits per heavy atom. The lowest BCUT2D eigenvalue weighted by molar-refractivity contribution is -0.122. The van der Waals surface area contributed by atoms with Crippen LogP contribution in [0.2, 0.25) is 0 Å². The number of aryl methyl sites for hydroxylation is 1. The van der Waals surface area contributed by atoms with Crippen LogP contribution in [0, 0.1) is 0 Å². The van der Waals surface area contributed by atoms with Crippen LogP contribution in [0.4, 0.5) is 5.69 Å². The number of morpholine rings is 1. The summed E-state index contributed by atoms with van der Waals surface area (Å²) in [6, 6.07) is 33.3. The van der Waals surface area contributed by atoms with E-state index in [1.807, 2.05) is 97.1 Å². The smallest absolute Gasteiger partial charge is 0.254 e. The van der Waals surface area contributed by atoms with Gasteiger partial charge in [-0.05, 0) is 77.6 Å². The van der Waals surface area contributed by atoms with Gasteiger partial charge >= 0.3 is 0 Å². The van der Waals surface area contributed by atoms with Crippen molar-refractivity contribution in [2.75, 3.05) is 37.4 Å². The van der Waals surface area contributed by atoms with Crippen molar-refractivity contribution >= 4 is 48.9 Å². The fraction of sp³-hybridized carbons (Fsp3) is 0.282. The van der Waals surface area contributed by atoms with E-state index < -0.39 is 15.9 Å². The van der Waals surface area contributed by atoms with E-state index in [2.05, 4.69) is 10.6 Å². The summed E-state index contributed by atoms with van der Waals surface area (Å²) in [7, 11) is -3.59. The molecule has 1 saturated heterocycles. The second kappa shape index (κ2) is 15.0. The number of rotatable bonds is 12. The number of hydrogen-bond donors (Lipinski definition) is 2. The van der Waals surface area contributed by atoms with E-state index in [1.165, 1.54) is 0 Å². The summed E-state index contributed by atoms with van der Waals surface area (Å²) in [5.74, 6) is -0.404. The minimum absolute atomic E-state index is 0.0659. The van der Waals surface area contributed by atoms with E-state index in [-0.39, 0.29) is 34.9 Å². The zero-order valence-corrected chi connectivity index (χ0v) is 27.9. The largest absolute Gasteiger partial charge is 0.378 e. The Morgan fingerprint density at radius 1 is 0.792 bits per heavy atom. The predicted molar refractivity (Wildman–Crippen MR) is 191 cm³/mol. The SMILES string of the molecule is C[C@H](Nc1cc(C(=O)N2CCOCC2)c2ccccc2c1)C(=O)N[C@@H](CCc1ccccc1)CCS(=O)(=O)c1ccc2ccccc2c1. The molecule has 0 aromatic heterocycles. The highest BCUT2D eigenvalue weighted by Crippen LogP contribution is 2.27. The van der Waals surface area contributed by atoms with Crippen LogP contribution >= 0.6 is 0 Å². The summed E-state index contributed by atoms with van der Waals surface area (Å²) in [5.41, 5.74) is 2.35. The van der Waals surface area contributed by atoms with Crippen molar-refractivity contribution in [2.24, 2.45) is 0 Å². The number of benzene rings is 5. The molecule has 0 aliphatic carbocycles. The number of sulfone groups is 1. The van der Waals surface area contributed by atoms with Crippen LogP contribution in [0.3, 0.4) is 0 Å². The lowest BCUT2D eigenvalue weighted by Gasteiger charge is -2.28. The Hall–Kier alpha value is -4.73. The first kappa shape index (κ1) is 33.2. The molecule has 9 heteroatoms. The second-order valence-corrected chi connectivity index (χ2v) is 14.5. The van der Waals surface area contributed by atoms with Crippen LogP contribution < -0.4 is 10.6 Å². The van der Waals surface area contributed by atoms with Crippen molar-refractivity contribution in [3.05, 3.63) is 120 Å². The molecule has 2 N–H and O–H groups in total. The van der Waals surface area contributed by atoms with E-state index in [0.717, 1.165) is 27.1 Å². The number of carbonyl (C=O) groups excluding carboxylic acids is 2. The van der Waals surface area contributed by atoms with Gasteiger partial charge < -0.3 is 20.3 Å². The second-order valence-electron chi connectivity index (χ2n) is 12.4. The van der Waals surface area contributed by atoms with Crippen LogP contribution in [-0.2, 0) is 25.8 Å². The Kier molecular flexibility index (Phi) is 10.4. The molecule has 1 aliphatic rings. The van der Waals surface area contributed by atoms with E-state index in [1.54, 1.807) is 24.0 Å². The molecule has 5 aromatic rings. The first-order chi connectivity index (χ1) is 23.3. The van der Waals surface area contributed by atoms with E-state index in [9.17, 15) is 18.0 Å². The van der Waals surface area contributed by atoms with Gasteiger partial charge in [0.25, 0.3) is 5.91 Å². The molecule has 0 saturated carbocycles. The van der Waals surface area contributed by atoms with Gasteiger partial charge in [0.15, 0.2) is 9.84 Å². The van der Waals surface area contributed by atoms with Crippen molar-refractivity contribution in [2.45, 2.75) is 43.2 Å². The zero-order chi connectivity index (χ0) is 33.5. The molecule has 1 heterocycles. The van der Waals surface area contributed by atoms with Gasteiger partial charge in [-0.25, -0.2) is 8.42 Å². The maximum absolute atomic E-state index is 13.6. The third-order valence-electron chi connectivity index (χ3n) is 8.95. The van der Waals surface area contributed by atoms with Crippen molar-refractivity contribution in [1.82, 2.24) is 10.2 Å². The van der Waals surface area contributed by atoms with Crippen LogP contribution in [0.5, 0.6) is 0 Å². The van der Waals surface area contributed by atoms with Gasteiger partial charge in [-0.1, -0.05) is 84.9 Å². The Bertz CT molecular complexity index is 2010. The van der Waals surface area contributed by atoms with Crippen molar-refractivity contribution in [3.63, 3.8) is 0 Å². The number of nitrogens with one attached hydrogen (secondary N) is 2. The molecule has 5 aromatic carbocycles. The molecule has 6 rings (SSSR count). The van der Waals surface area contributed by atoms with Gasteiger partial charge in [0.2, 0.25) is 5.91 Å². The summed E-state index contributed by atoms with van der Waals surface area (Å²) >= 11 is 0. The van der Waals surface area contributed by atoms with Crippen LogP contribution in [-0.4, -0.2) is 69.3 Å². The minimum atomic E-state index is -3.59. The molecule has 0 unspecified atom stereocenters. The van der Waals surface area contributed by atoms with Crippen LogP contribution in [0.15, 0.2) is 114 Å². The molecular formula is C39H41N3O5S.